The zero-order valence-electron chi connectivity index (χ0n) is 14.0. The third kappa shape index (κ3) is 3.10. The van der Waals surface area contributed by atoms with Crippen LogP contribution in [0.3, 0.4) is 0 Å². The van der Waals surface area contributed by atoms with E-state index in [-0.39, 0.29) is 0 Å². The minimum Gasteiger partial charge on any atom is -0.328 e. The molecule has 0 unspecified atom stereocenters. The summed E-state index contributed by atoms with van der Waals surface area (Å²) in [5.41, 5.74) is 3.70. The Bertz CT molecular complexity index is 789. The molecule has 2 aromatic heterocycles. The Morgan fingerprint density at radius 2 is 1.75 bits per heavy atom. The fourth-order valence-electron chi connectivity index (χ4n) is 3.36. The lowest BCUT2D eigenvalue weighted by Crippen LogP contribution is -2.45. The topological polar surface area (TPSA) is 34.0 Å². The van der Waals surface area contributed by atoms with Crippen molar-refractivity contribution < 1.29 is 0 Å². The number of aromatic nitrogens is 3. The first kappa shape index (κ1) is 15.1. The molecule has 3 aromatic rings. The molecule has 0 spiro atoms. The average molecular weight is 318 g/mol. The predicted molar refractivity (Wildman–Crippen MR) is 94.8 cm³/mol. The van der Waals surface area contributed by atoms with Crippen molar-refractivity contribution >= 4 is 0 Å². The van der Waals surface area contributed by atoms with Gasteiger partial charge in [0, 0.05) is 50.2 Å². The van der Waals surface area contributed by atoms with Gasteiger partial charge in [-0.05, 0) is 24.6 Å². The van der Waals surface area contributed by atoms with Crippen LogP contribution in [0.25, 0.3) is 0 Å². The molecule has 0 amide bonds. The number of likely N-dealkylation sites (tertiary alicyclic amines) is 1. The van der Waals surface area contributed by atoms with Crippen molar-refractivity contribution in [2.75, 3.05) is 13.1 Å². The molecule has 3 heterocycles. The maximum absolute atomic E-state index is 4.70. The van der Waals surface area contributed by atoms with Gasteiger partial charge >= 0.3 is 0 Å². The number of rotatable bonds is 5. The van der Waals surface area contributed by atoms with E-state index in [0.717, 1.165) is 31.9 Å². The summed E-state index contributed by atoms with van der Waals surface area (Å²) in [5, 5.41) is 0. The highest BCUT2D eigenvalue weighted by Gasteiger charge is 2.31. The first-order valence-corrected chi connectivity index (χ1v) is 8.48. The van der Waals surface area contributed by atoms with E-state index in [0.29, 0.717) is 5.92 Å². The van der Waals surface area contributed by atoms with Crippen LogP contribution < -0.4 is 0 Å². The Morgan fingerprint density at radius 1 is 0.958 bits per heavy atom. The van der Waals surface area contributed by atoms with Crippen LogP contribution in [0, 0.1) is 6.92 Å². The molecular weight excluding hydrogens is 296 g/mol. The van der Waals surface area contributed by atoms with E-state index >= 15 is 0 Å². The number of imidazole rings is 1. The first-order chi connectivity index (χ1) is 11.8. The summed E-state index contributed by atoms with van der Waals surface area (Å²) < 4.78 is 2.36. The summed E-state index contributed by atoms with van der Waals surface area (Å²) in [6.07, 6.45) is 3.86. The molecule has 0 aliphatic carbocycles. The minimum absolute atomic E-state index is 0.520. The van der Waals surface area contributed by atoms with Crippen LogP contribution in [-0.4, -0.2) is 32.5 Å². The highest BCUT2D eigenvalue weighted by Crippen LogP contribution is 2.28. The molecular formula is C20H22N4. The smallest absolute Gasteiger partial charge is 0.114 e. The molecule has 1 fully saturated rings. The van der Waals surface area contributed by atoms with E-state index < -0.39 is 0 Å². The minimum atomic E-state index is 0.520. The van der Waals surface area contributed by atoms with Crippen LogP contribution in [0.15, 0.2) is 60.9 Å². The first-order valence-electron chi connectivity index (χ1n) is 8.48. The van der Waals surface area contributed by atoms with E-state index in [4.69, 9.17) is 4.98 Å². The summed E-state index contributed by atoms with van der Waals surface area (Å²) in [5.74, 6) is 1.74. The highest BCUT2D eigenvalue weighted by atomic mass is 15.2. The normalized spacial score (nSPS) is 15.4. The zero-order valence-corrected chi connectivity index (χ0v) is 14.0. The Morgan fingerprint density at radius 3 is 2.50 bits per heavy atom. The summed E-state index contributed by atoms with van der Waals surface area (Å²) in [7, 11) is 0. The second-order valence-electron chi connectivity index (χ2n) is 6.54. The van der Waals surface area contributed by atoms with Gasteiger partial charge in [0.25, 0.3) is 0 Å². The van der Waals surface area contributed by atoms with Crippen molar-refractivity contribution in [1.82, 2.24) is 19.4 Å². The number of benzene rings is 1. The van der Waals surface area contributed by atoms with E-state index in [1.165, 1.54) is 17.1 Å². The van der Waals surface area contributed by atoms with Gasteiger partial charge in [0.05, 0.1) is 5.69 Å². The van der Waals surface area contributed by atoms with E-state index in [1.54, 1.807) is 0 Å². The lowest BCUT2D eigenvalue weighted by molar-refractivity contribution is 0.131. The van der Waals surface area contributed by atoms with Crippen molar-refractivity contribution in [2.24, 2.45) is 0 Å². The van der Waals surface area contributed by atoms with Crippen LogP contribution in [0.1, 0.15) is 28.7 Å². The SMILES string of the molecule is Cc1cnc(C2CN(Cc3ccccn3)C2)n1Cc1ccccc1. The third-order valence-electron chi connectivity index (χ3n) is 4.70. The Kier molecular flexibility index (Phi) is 4.13. The molecule has 1 aliphatic heterocycles. The second kappa shape index (κ2) is 6.57. The number of hydrogen-bond donors (Lipinski definition) is 0. The van der Waals surface area contributed by atoms with Crippen LogP contribution in [0.2, 0.25) is 0 Å². The van der Waals surface area contributed by atoms with Gasteiger partial charge in [-0.1, -0.05) is 36.4 Å². The van der Waals surface area contributed by atoms with Gasteiger partial charge in [-0.25, -0.2) is 4.98 Å². The van der Waals surface area contributed by atoms with Crippen LogP contribution in [-0.2, 0) is 13.1 Å². The Hall–Kier alpha value is -2.46. The third-order valence-corrected chi connectivity index (χ3v) is 4.70. The molecule has 0 N–H and O–H groups in total. The predicted octanol–water partition coefficient (Wildman–Crippen LogP) is 3.23. The maximum atomic E-state index is 4.70. The van der Waals surface area contributed by atoms with Crippen molar-refractivity contribution in [3.8, 4) is 0 Å². The molecule has 1 aliphatic rings. The second-order valence-corrected chi connectivity index (χ2v) is 6.54. The van der Waals surface area contributed by atoms with E-state index in [2.05, 4.69) is 63.8 Å². The van der Waals surface area contributed by atoms with Gasteiger partial charge in [-0.15, -0.1) is 0 Å². The standard InChI is InChI=1S/C20H22N4/c1-16-11-22-20(24(16)12-17-7-3-2-4-8-17)18-13-23(14-18)15-19-9-5-6-10-21-19/h2-11,18H,12-15H2,1H3. The number of nitrogens with zero attached hydrogens (tertiary/aromatic N) is 4. The molecule has 0 saturated carbocycles. The summed E-state index contributed by atoms with van der Waals surface area (Å²) in [4.78, 5) is 11.5. The Balaban J connectivity index is 1.43. The average Bonchev–Trinajstić information content (AvgIpc) is 2.93. The highest BCUT2D eigenvalue weighted by molar-refractivity contribution is 5.20. The molecule has 24 heavy (non-hydrogen) atoms. The summed E-state index contributed by atoms with van der Waals surface area (Å²) in [6.45, 7) is 6.09. The van der Waals surface area contributed by atoms with E-state index in [1.807, 2.05) is 18.5 Å². The van der Waals surface area contributed by atoms with Crippen LogP contribution >= 0.6 is 0 Å². The van der Waals surface area contributed by atoms with Gasteiger partial charge < -0.3 is 4.57 Å². The monoisotopic (exact) mass is 318 g/mol. The lowest BCUT2D eigenvalue weighted by atomic mass is 9.98. The maximum Gasteiger partial charge on any atom is 0.114 e. The fraction of sp³-hybridized carbons (Fsp3) is 0.300. The van der Waals surface area contributed by atoms with Gasteiger partial charge in [-0.3, -0.25) is 9.88 Å². The van der Waals surface area contributed by atoms with Crippen molar-refractivity contribution in [2.45, 2.75) is 25.9 Å². The molecule has 4 rings (SSSR count). The Labute approximate surface area is 142 Å². The largest absolute Gasteiger partial charge is 0.328 e. The molecule has 0 bridgehead atoms. The lowest BCUT2D eigenvalue weighted by Gasteiger charge is -2.38. The van der Waals surface area contributed by atoms with Crippen LogP contribution in [0.5, 0.6) is 0 Å². The zero-order chi connectivity index (χ0) is 16.4. The quantitative estimate of drug-likeness (QED) is 0.724. The number of aryl methyl sites for hydroxylation is 1. The molecule has 4 nitrogen and oxygen atoms in total. The molecule has 122 valence electrons. The summed E-state index contributed by atoms with van der Waals surface area (Å²) in [6, 6.07) is 16.7. The van der Waals surface area contributed by atoms with Gasteiger partial charge in [-0.2, -0.15) is 0 Å². The van der Waals surface area contributed by atoms with Gasteiger partial charge in [0.1, 0.15) is 5.82 Å². The van der Waals surface area contributed by atoms with Gasteiger partial charge in [0.2, 0.25) is 0 Å². The van der Waals surface area contributed by atoms with E-state index in [9.17, 15) is 0 Å². The van der Waals surface area contributed by atoms with Gasteiger partial charge in [0.15, 0.2) is 0 Å². The number of hydrogen-bond acceptors (Lipinski definition) is 3. The van der Waals surface area contributed by atoms with Crippen molar-refractivity contribution in [1.29, 1.82) is 0 Å². The summed E-state index contributed by atoms with van der Waals surface area (Å²) >= 11 is 0. The fourth-order valence-corrected chi connectivity index (χ4v) is 3.36. The van der Waals surface area contributed by atoms with Crippen molar-refractivity contribution in [3.05, 3.63) is 83.7 Å². The molecule has 0 radical (unpaired) electrons. The molecule has 4 heteroatoms. The molecule has 0 atom stereocenters. The molecule has 1 aromatic carbocycles. The van der Waals surface area contributed by atoms with Crippen molar-refractivity contribution in [3.63, 3.8) is 0 Å². The van der Waals surface area contributed by atoms with Crippen LogP contribution in [0.4, 0.5) is 0 Å². The number of pyridine rings is 1. The molecule has 1 saturated heterocycles.